The molecule has 0 heterocycles. The lowest BCUT2D eigenvalue weighted by atomic mass is 9.61. The van der Waals surface area contributed by atoms with E-state index in [9.17, 15) is 52.7 Å². The van der Waals surface area contributed by atoms with Gasteiger partial charge in [-0.2, -0.15) is 0 Å². The lowest BCUT2D eigenvalue weighted by Gasteiger charge is -2.47. The molecule has 4 fully saturated rings. The zero-order valence-electron chi connectivity index (χ0n) is 89.5. The normalized spacial score (nSPS) is 23.0. The van der Waals surface area contributed by atoms with E-state index < -0.39 is 117 Å². The first-order valence-electron chi connectivity index (χ1n) is 50.5. The van der Waals surface area contributed by atoms with Gasteiger partial charge in [-0.3, -0.25) is 19.2 Å². The lowest BCUT2D eigenvalue weighted by molar-refractivity contribution is -0.156. The van der Waals surface area contributed by atoms with Gasteiger partial charge in [0, 0.05) is 75.2 Å². The Labute approximate surface area is 832 Å². The van der Waals surface area contributed by atoms with E-state index in [4.69, 9.17) is 82.8 Å². The molecule has 0 aromatic rings. The molecule has 4 saturated carbocycles. The van der Waals surface area contributed by atoms with Gasteiger partial charge >= 0.3 is 83.5 Å². The van der Waals surface area contributed by atoms with Crippen molar-refractivity contribution in [2.75, 3.05) is 92.5 Å². The van der Waals surface area contributed by atoms with Crippen molar-refractivity contribution in [1.29, 1.82) is 0 Å². The summed E-state index contributed by atoms with van der Waals surface area (Å²) in [4.78, 5) is 143. The van der Waals surface area contributed by atoms with E-state index >= 15 is 0 Å². The second-order valence-corrected chi connectivity index (χ2v) is 73.7. The summed E-state index contributed by atoms with van der Waals surface area (Å²) in [6, 6.07) is 0.401. The van der Waals surface area contributed by atoms with E-state index in [2.05, 4.69) is 209 Å². The molecule has 4 aliphatic rings. The fourth-order valence-electron chi connectivity index (χ4n) is 21.8. The van der Waals surface area contributed by atoms with Gasteiger partial charge in [0.05, 0.1) is 39.6 Å². The molecule has 0 spiro atoms. The smallest absolute Gasteiger partial charge is 0.466 e. The first-order valence-corrected chi connectivity index (χ1v) is 69.2. The van der Waals surface area contributed by atoms with E-state index in [0.29, 0.717) is 148 Å². The summed E-state index contributed by atoms with van der Waals surface area (Å²) < 4.78 is 105. The molecule has 4 amide bonds. The molecule has 0 radical (unpaired) electrons. The molecule has 0 aromatic heterocycles. The number of amides is 4. The molecule has 0 aromatic carbocycles. The van der Waals surface area contributed by atoms with Crippen LogP contribution in [-0.4, -0.2) is 246 Å². The fraction of sp³-hybridized carbons (Fsp3) is 0.848. The Bertz CT molecular complexity index is 3820. The van der Waals surface area contributed by atoms with Crippen molar-refractivity contribution in [3.05, 3.63) is 25.3 Å². The lowest BCUT2D eigenvalue weighted by Crippen LogP contribution is -2.52. The molecule has 33 nitrogen and oxygen atoms in total. The molecule has 0 saturated heterocycles. The van der Waals surface area contributed by atoms with Crippen LogP contribution in [-0.2, 0) is 112 Å². The molecule has 796 valence electrons. The van der Waals surface area contributed by atoms with Crippen molar-refractivity contribution in [3.8, 4) is 0 Å². The maximum Gasteiger partial charge on any atom is 0.508 e. The van der Waals surface area contributed by atoms with Crippen LogP contribution in [0.15, 0.2) is 25.3 Å². The average molecular weight is 2060 g/mol. The highest BCUT2D eigenvalue weighted by Gasteiger charge is 2.49. The quantitative estimate of drug-likeness (QED) is 0.0144. The molecule has 4 rings (SSSR count). The first-order chi connectivity index (χ1) is 63.7. The summed E-state index contributed by atoms with van der Waals surface area (Å²) in [5.41, 5.74) is -2.08. The largest absolute Gasteiger partial charge is 0.508 e. The number of alkyl carbamates (subject to hydrolysis) is 4. The molecule has 138 heavy (non-hydrogen) atoms. The van der Waals surface area contributed by atoms with Gasteiger partial charge in [0.1, 0.15) is 39.6 Å². The van der Waals surface area contributed by atoms with Gasteiger partial charge in [-0.15, -0.1) is 0 Å². The van der Waals surface area contributed by atoms with Crippen molar-refractivity contribution >= 4 is 117 Å². The number of esters is 6. The topological polar surface area (TPSA) is 402 Å². The van der Waals surface area contributed by atoms with Crippen molar-refractivity contribution in [2.45, 2.75) is 403 Å². The highest BCUT2D eigenvalue weighted by atomic mass is 28.5. The maximum absolute atomic E-state index is 14.0. The maximum atomic E-state index is 14.0. The number of ether oxygens (including phenoxy) is 14. The van der Waals surface area contributed by atoms with Crippen LogP contribution in [0, 0.1) is 43.3 Å². The molecule has 39 heteroatoms. The third-order valence-electron chi connectivity index (χ3n) is 24.7. The van der Waals surface area contributed by atoms with E-state index in [0.717, 1.165) is 43.9 Å². The van der Waals surface area contributed by atoms with Gasteiger partial charge in [-0.05, 0) is 301 Å². The minimum Gasteiger partial charge on any atom is -0.466 e. The van der Waals surface area contributed by atoms with Crippen molar-refractivity contribution in [2.24, 2.45) is 43.3 Å². The Morgan fingerprint density at radius 3 is 0.891 bits per heavy atom. The van der Waals surface area contributed by atoms with E-state index in [1.165, 1.54) is 0 Å². The van der Waals surface area contributed by atoms with Gasteiger partial charge in [0.25, 0.3) is 0 Å². The minimum absolute atomic E-state index is 0.0175. The van der Waals surface area contributed by atoms with Gasteiger partial charge in [0.15, 0.2) is 45.5 Å². The molecular weight excluding hydrogens is 1880 g/mol. The molecule has 4 aliphatic carbocycles. The van der Waals surface area contributed by atoms with E-state index in [1.807, 2.05) is 0 Å². The highest BCUT2D eigenvalue weighted by molar-refractivity contribution is 6.88. The first kappa shape index (κ1) is 124. The van der Waals surface area contributed by atoms with Crippen LogP contribution in [0.4, 0.5) is 24.0 Å². The van der Waals surface area contributed by atoms with Crippen LogP contribution >= 0.6 is 0 Å². The summed E-state index contributed by atoms with van der Waals surface area (Å²) in [7, 11) is -12.9. The number of hydrogen-bond acceptors (Lipinski definition) is 29. The fourth-order valence-corrected chi connectivity index (χ4v) is 46.8. The number of carbonyl (C=O) groups excluding carboxylic acids is 11. The predicted molar refractivity (Wildman–Crippen MR) is 543 cm³/mol. The monoisotopic (exact) mass is 2060 g/mol. The third kappa shape index (κ3) is 56.1. The summed E-state index contributed by atoms with van der Waals surface area (Å²) in [6.45, 7) is 62.9. The number of hydrogen-bond donors (Lipinski definition) is 4. The van der Waals surface area contributed by atoms with E-state index in [-0.39, 0.29) is 184 Å². The predicted octanol–water partition coefficient (Wildman–Crippen LogP) is 20.6. The second-order valence-electron chi connectivity index (χ2n) is 48.0. The Morgan fingerprint density at radius 2 is 0.572 bits per heavy atom. The second kappa shape index (κ2) is 56.8. The van der Waals surface area contributed by atoms with Crippen LogP contribution in [0.3, 0.4) is 0 Å². The molecule has 0 aliphatic heterocycles. The summed E-state index contributed by atoms with van der Waals surface area (Å²) in [5.74, 6) is -2.79. The zero-order valence-corrected chi connectivity index (χ0v) is 95.5. The number of carbonyl (C=O) groups is 11. The van der Waals surface area contributed by atoms with Gasteiger partial charge < -0.3 is 104 Å². The van der Waals surface area contributed by atoms with Crippen LogP contribution in [0.2, 0.25) is 104 Å². The highest BCUT2D eigenvalue weighted by Crippen LogP contribution is 2.53. The molecule has 10 atom stereocenters. The summed E-state index contributed by atoms with van der Waals surface area (Å²) in [5, 5.41) is 12.1. The SMILES string of the molecule is C=CC(=O)OCCOC(=O)NC1CC(C)(C)CC(C)(CCC(=O)OCC(COCCC[Si](C)(O[Si](C)(C)C)O[Si](C)(C)C)OC(=O)NC2CC(C)(C)CC(C)(CCC(=O)OCCCCCOC(=O)OCCCCCOC(=O)CCC3(C)CC(NC(=O)OCC(COCCC[Si](C)(O[Si](C)(C)C)O[Si](C)(C)C)OC(=O)CCC4(C)CC(NC(=O)OCCOC(=O)C=C)CC(C)(C)C4)CC(C)(C)C3)C2)C1. The van der Waals surface area contributed by atoms with Gasteiger partial charge in [-0.1, -0.05) is 96.2 Å². The van der Waals surface area contributed by atoms with Crippen molar-refractivity contribution in [3.63, 3.8) is 0 Å². The van der Waals surface area contributed by atoms with Crippen LogP contribution in [0.25, 0.3) is 0 Å². The number of nitrogens with one attached hydrogen (secondary N) is 4. The Balaban J connectivity index is 1.18. The Morgan fingerprint density at radius 1 is 0.297 bits per heavy atom. The van der Waals surface area contributed by atoms with Crippen LogP contribution in [0.1, 0.15) is 263 Å². The van der Waals surface area contributed by atoms with Crippen molar-refractivity contribution in [1.82, 2.24) is 21.3 Å². The van der Waals surface area contributed by atoms with Crippen LogP contribution < -0.4 is 21.3 Å². The summed E-state index contributed by atoms with van der Waals surface area (Å²) in [6.07, 6.45) is 12.6. The molecule has 0 bridgehead atoms. The third-order valence-corrected chi connectivity index (χ3v) is 44.0. The van der Waals surface area contributed by atoms with Crippen molar-refractivity contribution < 1.29 is 136 Å². The molecule has 4 N–H and O–H groups in total. The molecular formula is C99H182N4O29Si6. The Hall–Kier alpha value is -6.29. The van der Waals surface area contributed by atoms with Gasteiger partial charge in [0.2, 0.25) is 0 Å². The number of rotatable bonds is 62. The number of unbranched alkanes of at least 4 members (excludes halogenated alkanes) is 4. The van der Waals surface area contributed by atoms with Gasteiger partial charge in [-0.25, -0.2) is 33.6 Å². The average Bonchev–Trinajstić information content (AvgIpc) is 0.803. The minimum atomic E-state index is -2.56. The molecule has 10 unspecified atom stereocenters. The standard InChI is InChI=1S/C99H182N4O29Si6/c1-29-81(104)119-53-55-121-87(110)100-75-59-92(3,4)72-98(13,63-75)45-41-85(108)125-69-80(68-116-48-38-58-138(28,131-135(21,22)23)132-136(24,25)26)128-90(113)103-78-62-95(9,10)73-97(12,66-78)44-40-84(107)118-50-34-32-36-52-124-91(114)123-51-35-31-33-49-117-83(106)39-43-96(11)65-77(61-94(7,8)71-96)102-89(112)126-70-79(67-115-47-37-57-137(27,129-133(15,16)17)130-134(18,19)20)127-86(109)42-46-99(14)64-76(60-93(5,6)74-99)101-88(111)122-56-54-120-82(105)30-2/h29-30,75-80H,1-2,31-74H2,3-28H3,(H,100,110)(H,101,111)(H,102,112)(H,103,113). The zero-order chi connectivity index (χ0) is 104. The van der Waals surface area contributed by atoms with Crippen LogP contribution in [0.5, 0.6) is 0 Å². The summed E-state index contributed by atoms with van der Waals surface area (Å²) >= 11 is 0. The Kier molecular flexibility index (Phi) is 51.1. The van der Waals surface area contributed by atoms with E-state index in [1.54, 1.807) is 0 Å².